The molecule has 0 bridgehead atoms. The monoisotopic (exact) mass is 229 g/mol. The van der Waals surface area contributed by atoms with Gasteiger partial charge in [0.2, 0.25) is 0 Å². The van der Waals surface area contributed by atoms with E-state index in [4.69, 9.17) is 0 Å². The molecule has 0 saturated carbocycles. The second kappa shape index (κ2) is 4.78. The number of hydrogen-bond donors (Lipinski definition) is 1. The molecule has 1 aromatic carbocycles. The third kappa shape index (κ3) is 2.69. The average molecular weight is 229 g/mol. The summed E-state index contributed by atoms with van der Waals surface area (Å²) in [4.78, 5) is 3.91. The Morgan fingerprint density at radius 1 is 1.12 bits per heavy atom. The van der Waals surface area contributed by atoms with Gasteiger partial charge >= 0.3 is 0 Å². The molecule has 0 amide bonds. The number of aromatic nitrogens is 1. The molecule has 0 aliphatic heterocycles. The molecule has 0 fully saturated rings. The predicted molar refractivity (Wildman–Crippen MR) is 66.0 cm³/mol. The van der Waals surface area contributed by atoms with Crippen molar-refractivity contribution < 1.29 is 9.50 Å². The number of pyridine rings is 1. The first-order chi connectivity index (χ1) is 8.16. The summed E-state index contributed by atoms with van der Waals surface area (Å²) < 4.78 is 13.3. The van der Waals surface area contributed by atoms with Gasteiger partial charge in [0.05, 0.1) is 0 Å². The first-order valence-electron chi connectivity index (χ1n) is 5.24. The summed E-state index contributed by atoms with van der Waals surface area (Å²) in [5, 5.41) is 9.31. The van der Waals surface area contributed by atoms with Gasteiger partial charge in [-0.3, -0.25) is 4.98 Å². The van der Waals surface area contributed by atoms with E-state index < -0.39 is 5.82 Å². The van der Waals surface area contributed by atoms with Crippen molar-refractivity contribution in [3.8, 4) is 5.75 Å². The van der Waals surface area contributed by atoms with Crippen molar-refractivity contribution in [2.45, 2.75) is 6.92 Å². The van der Waals surface area contributed by atoms with Gasteiger partial charge < -0.3 is 5.11 Å². The number of rotatable bonds is 2. The van der Waals surface area contributed by atoms with Gasteiger partial charge in [-0.1, -0.05) is 12.2 Å². The number of nitrogens with zero attached hydrogens (tertiary/aromatic N) is 1. The average Bonchev–Trinajstić information content (AvgIpc) is 2.34. The quantitative estimate of drug-likeness (QED) is 0.856. The maximum Gasteiger partial charge on any atom is 0.165 e. The van der Waals surface area contributed by atoms with Crippen molar-refractivity contribution in [3.05, 3.63) is 59.2 Å². The fourth-order valence-electron chi connectivity index (χ4n) is 1.53. The summed E-state index contributed by atoms with van der Waals surface area (Å²) in [6.45, 7) is 1.67. The Hall–Kier alpha value is -2.16. The second-order valence-corrected chi connectivity index (χ2v) is 3.78. The molecule has 3 heteroatoms. The van der Waals surface area contributed by atoms with Crippen molar-refractivity contribution >= 4 is 12.2 Å². The van der Waals surface area contributed by atoms with Crippen LogP contribution in [0.2, 0.25) is 0 Å². The summed E-state index contributed by atoms with van der Waals surface area (Å²) in [6, 6.07) is 6.76. The van der Waals surface area contributed by atoms with Crippen LogP contribution < -0.4 is 0 Å². The molecule has 17 heavy (non-hydrogen) atoms. The third-order valence-electron chi connectivity index (χ3n) is 2.45. The molecule has 1 heterocycles. The number of phenols is 1. The Morgan fingerprint density at radius 3 is 2.41 bits per heavy atom. The van der Waals surface area contributed by atoms with Gasteiger partial charge in [-0.2, -0.15) is 0 Å². The Kier molecular flexibility index (Phi) is 3.19. The molecule has 0 aliphatic carbocycles. The van der Waals surface area contributed by atoms with Crippen LogP contribution in [0.5, 0.6) is 5.75 Å². The lowest BCUT2D eigenvalue weighted by Crippen LogP contribution is -1.84. The largest absolute Gasteiger partial charge is 0.505 e. The van der Waals surface area contributed by atoms with Gasteiger partial charge in [-0.05, 0) is 47.9 Å². The first kappa shape index (κ1) is 11.3. The van der Waals surface area contributed by atoms with E-state index in [1.807, 2.05) is 18.2 Å². The number of aryl methyl sites for hydroxylation is 1. The number of halogens is 1. The molecular weight excluding hydrogens is 217 g/mol. The van der Waals surface area contributed by atoms with Gasteiger partial charge in [-0.25, -0.2) is 4.39 Å². The summed E-state index contributed by atoms with van der Waals surface area (Å²) in [5.74, 6) is -0.884. The highest BCUT2D eigenvalue weighted by atomic mass is 19.1. The zero-order valence-corrected chi connectivity index (χ0v) is 9.39. The molecule has 2 aromatic rings. The molecule has 1 N–H and O–H groups in total. The summed E-state index contributed by atoms with van der Waals surface area (Å²) >= 11 is 0. The van der Waals surface area contributed by atoms with Crippen LogP contribution in [0.15, 0.2) is 36.7 Å². The van der Waals surface area contributed by atoms with Gasteiger partial charge in [-0.15, -0.1) is 0 Å². The van der Waals surface area contributed by atoms with Gasteiger partial charge in [0, 0.05) is 12.4 Å². The molecule has 2 rings (SSSR count). The molecule has 0 spiro atoms. The van der Waals surface area contributed by atoms with E-state index in [1.165, 1.54) is 6.07 Å². The molecule has 1 aromatic heterocycles. The van der Waals surface area contributed by atoms with Crippen LogP contribution in [0.1, 0.15) is 16.7 Å². The molecule has 0 unspecified atom stereocenters. The highest BCUT2D eigenvalue weighted by Crippen LogP contribution is 2.23. The predicted octanol–water partition coefficient (Wildman–Crippen LogP) is 3.41. The molecule has 0 radical (unpaired) electrons. The second-order valence-electron chi connectivity index (χ2n) is 3.78. The van der Waals surface area contributed by atoms with E-state index in [9.17, 15) is 9.50 Å². The van der Waals surface area contributed by atoms with Gasteiger partial charge in [0.25, 0.3) is 0 Å². The number of benzene rings is 1. The van der Waals surface area contributed by atoms with Crippen molar-refractivity contribution in [2.24, 2.45) is 0 Å². The maximum atomic E-state index is 13.3. The SMILES string of the molecule is Cc1cc(/C=C/c2ccncc2)cc(F)c1O. The summed E-state index contributed by atoms with van der Waals surface area (Å²) in [7, 11) is 0. The Bertz CT molecular complexity index is 526. The van der Waals surface area contributed by atoms with E-state index >= 15 is 0 Å². The molecule has 0 atom stereocenters. The number of hydrogen-bond acceptors (Lipinski definition) is 2. The van der Waals surface area contributed by atoms with Crippen molar-refractivity contribution in [1.29, 1.82) is 0 Å². The van der Waals surface area contributed by atoms with Crippen molar-refractivity contribution in [3.63, 3.8) is 0 Å². The number of phenolic OH excluding ortho intramolecular Hbond substituents is 1. The van der Waals surface area contributed by atoms with Crippen molar-refractivity contribution in [1.82, 2.24) is 4.98 Å². The lowest BCUT2D eigenvalue weighted by atomic mass is 10.1. The van der Waals surface area contributed by atoms with E-state index in [1.54, 1.807) is 31.5 Å². The van der Waals surface area contributed by atoms with E-state index in [0.29, 0.717) is 5.56 Å². The van der Waals surface area contributed by atoms with Crippen LogP contribution in [0, 0.1) is 12.7 Å². The minimum Gasteiger partial charge on any atom is -0.505 e. The Morgan fingerprint density at radius 2 is 1.76 bits per heavy atom. The van der Waals surface area contributed by atoms with Gasteiger partial charge in [0.15, 0.2) is 11.6 Å². The minimum absolute atomic E-state index is 0.286. The number of aromatic hydroxyl groups is 1. The minimum atomic E-state index is -0.598. The highest BCUT2D eigenvalue weighted by molar-refractivity contribution is 5.70. The van der Waals surface area contributed by atoms with Crippen LogP contribution in [-0.4, -0.2) is 10.1 Å². The van der Waals surface area contributed by atoms with Crippen LogP contribution >= 0.6 is 0 Å². The van der Waals surface area contributed by atoms with E-state index in [0.717, 1.165) is 11.1 Å². The lowest BCUT2D eigenvalue weighted by molar-refractivity contribution is 0.428. The summed E-state index contributed by atoms with van der Waals surface area (Å²) in [5.41, 5.74) is 2.24. The normalized spacial score (nSPS) is 10.9. The molecule has 0 aliphatic rings. The summed E-state index contributed by atoms with van der Waals surface area (Å²) in [6.07, 6.45) is 7.06. The first-order valence-corrected chi connectivity index (χ1v) is 5.24. The van der Waals surface area contributed by atoms with Crippen LogP contribution in [0.4, 0.5) is 4.39 Å². The van der Waals surface area contributed by atoms with Crippen LogP contribution in [0.3, 0.4) is 0 Å². The third-order valence-corrected chi connectivity index (χ3v) is 2.45. The molecule has 2 nitrogen and oxygen atoms in total. The zero-order chi connectivity index (χ0) is 12.3. The molecule has 86 valence electrons. The smallest absolute Gasteiger partial charge is 0.165 e. The maximum absolute atomic E-state index is 13.3. The topological polar surface area (TPSA) is 33.1 Å². The van der Waals surface area contributed by atoms with E-state index in [2.05, 4.69) is 4.98 Å². The fraction of sp³-hybridized carbons (Fsp3) is 0.0714. The standard InChI is InChI=1S/C14H12FNO/c1-10-8-12(9-13(15)14(10)17)3-2-11-4-6-16-7-5-11/h2-9,17H,1H3/b3-2+. The Balaban J connectivity index is 2.28. The molecule has 0 saturated heterocycles. The lowest BCUT2D eigenvalue weighted by Gasteiger charge is -2.02. The molecular formula is C14H12FNO. The Labute approximate surface area is 99.1 Å². The van der Waals surface area contributed by atoms with E-state index in [-0.39, 0.29) is 5.75 Å². The van der Waals surface area contributed by atoms with Crippen molar-refractivity contribution in [2.75, 3.05) is 0 Å². The van der Waals surface area contributed by atoms with Crippen LogP contribution in [-0.2, 0) is 0 Å². The fourth-order valence-corrected chi connectivity index (χ4v) is 1.53. The van der Waals surface area contributed by atoms with Crippen LogP contribution in [0.25, 0.3) is 12.2 Å². The highest BCUT2D eigenvalue weighted by Gasteiger charge is 2.04. The van der Waals surface area contributed by atoms with Gasteiger partial charge in [0.1, 0.15) is 0 Å². The zero-order valence-electron chi connectivity index (χ0n) is 9.39.